The minimum atomic E-state index is 0. The zero-order valence-corrected chi connectivity index (χ0v) is 20.3. The summed E-state index contributed by atoms with van der Waals surface area (Å²) in [6.45, 7) is 10.1. The predicted octanol–water partition coefficient (Wildman–Crippen LogP) is 2.47. The lowest BCUT2D eigenvalue weighted by molar-refractivity contribution is 0.169. The molecule has 0 aromatic carbocycles. The van der Waals surface area contributed by atoms with E-state index in [1.165, 1.54) is 0 Å². The van der Waals surface area contributed by atoms with Crippen LogP contribution >= 0.6 is 24.0 Å². The summed E-state index contributed by atoms with van der Waals surface area (Å²) in [5.74, 6) is 2.74. The number of aryl methyl sites for hydroxylation is 1. The Kier molecular flexibility index (Phi) is 8.41. The van der Waals surface area contributed by atoms with Crippen LogP contribution in [0.5, 0.6) is 0 Å². The molecule has 0 bridgehead atoms. The van der Waals surface area contributed by atoms with E-state index in [9.17, 15) is 0 Å². The molecule has 0 atom stereocenters. The Morgan fingerprint density at radius 3 is 2.61 bits per heavy atom. The van der Waals surface area contributed by atoms with Crippen LogP contribution in [0.2, 0.25) is 0 Å². The van der Waals surface area contributed by atoms with Gasteiger partial charge in [0.2, 0.25) is 0 Å². The molecule has 1 aliphatic rings. The highest BCUT2D eigenvalue weighted by atomic mass is 127. The maximum absolute atomic E-state index is 4.93. The van der Waals surface area contributed by atoms with E-state index in [1.54, 1.807) is 12.5 Å². The monoisotopic (exact) mass is 536 g/mol. The second-order valence-electron chi connectivity index (χ2n) is 7.29. The van der Waals surface area contributed by atoms with Gasteiger partial charge in [-0.05, 0) is 25.5 Å². The van der Waals surface area contributed by atoms with Crippen molar-refractivity contribution in [2.75, 3.05) is 32.7 Å². The molecule has 0 unspecified atom stereocenters. The van der Waals surface area contributed by atoms with E-state index < -0.39 is 0 Å². The zero-order chi connectivity index (χ0) is 20.8. The first-order valence-electron chi connectivity index (χ1n) is 10.3. The number of aliphatic imine (C=N–C) groups is 1. The van der Waals surface area contributed by atoms with Crippen molar-refractivity contribution in [2.45, 2.75) is 26.9 Å². The van der Waals surface area contributed by atoms with Crippen LogP contribution in [0.25, 0.3) is 5.82 Å². The molecule has 1 saturated heterocycles. The van der Waals surface area contributed by atoms with E-state index in [0.29, 0.717) is 6.54 Å². The molecule has 0 saturated carbocycles. The first kappa shape index (κ1) is 23.2. The molecule has 31 heavy (non-hydrogen) atoms. The average molecular weight is 536 g/mol. The van der Waals surface area contributed by atoms with Crippen molar-refractivity contribution in [2.24, 2.45) is 4.99 Å². The third kappa shape index (κ3) is 6.03. The Morgan fingerprint density at radius 2 is 2.00 bits per heavy atom. The molecule has 1 fully saturated rings. The number of hydrogen-bond donors (Lipinski definition) is 1. The molecule has 3 aromatic heterocycles. The summed E-state index contributed by atoms with van der Waals surface area (Å²) in [4.78, 5) is 18.4. The van der Waals surface area contributed by atoms with E-state index in [0.717, 1.165) is 68.1 Å². The standard InChI is InChI=1S/C21H28N8O.HI/c1-3-22-21(28-11-9-27(10-12-28)16-19-6-13-30-26-19)25-15-18-4-5-20(24-14-18)29-8-7-23-17(29)2;/h4-8,13-14H,3,9-12,15-16H2,1-2H3,(H,22,25);1H. The summed E-state index contributed by atoms with van der Waals surface area (Å²) in [5, 5.41) is 7.43. The molecule has 166 valence electrons. The highest BCUT2D eigenvalue weighted by Crippen LogP contribution is 2.11. The first-order valence-corrected chi connectivity index (χ1v) is 10.3. The summed E-state index contributed by atoms with van der Waals surface area (Å²) >= 11 is 0. The third-order valence-electron chi connectivity index (χ3n) is 5.18. The molecule has 0 spiro atoms. The Labute approximate surface area is 199 Å². The Balaban J connectivity index is 0.00000272. The minimum Gasteiger partial charge on any atom is -0.364 e. The Hall–Kier alpha value is -2.47. The number of nitrogens with zero attached hydrogens (tertiary/aromatic N) is 7. The van der Waals surface area contributed by atoms with Crippen LogP contribution in [0.3, 0.4) is 0 Å². The van der Waals surface area contributed by atoms with Crippen LogP contribution in [0.1, 0.15) is 24.0 Å². The van der Waals surface area contributed by atoms with Gasteiger partial charge in [0.1, 0.15) is 17.9 Å². The maximum Gasteiger partial charge on any atom is 0.194 e. The summed E-state index contributed by atoms with van der Waals surface area (Å²) in [7, 11) is 0. The molecule has 1 N–H and O–H groups in total. The molecule has 0 radical (unpaired) electrons. The van der Waals surface area contributed by atoms with E-state index in [2.05, 4.69) is 43.2 Å². The smallest absolute Gasteiger partial charge is 0.194 e. The van der Waals surface area contributed by atoms with Gasteiger partial charge in [0.05, 0.1) is 12.2 Å². The fourth-order valence-electron chi connectivity index (χ4n) is 3.53. The number of guanidine groups is 1. The second kappa shape index (κ2) is 11.2. The van der Waals surface area contributed by atoms with Crippen LogP contribution in [-0.4, -0.2) is 68.2 Å². The quantitative estimate of drug-likeness (QED) is 0.294. The number of piperazine rings is 1. The third-order valence-corrected chi connectivity index (χ3v) is 5.18. The van der Waals surface area contributed by atoms with Gasteiger partial charge in [-0.3, -0.25) is 9.47 Å². The largest absolute Gasteiger partial charge is 0.364 e. The van der Waals surface area contributed by atoms with Crippen molar-refractivity contribution in [3.63, 3.8) is 0 Å². The normalized spacial score (nSPS) is 15.0. The van der Waals surface area contributed by atoms with Crippen molar-refractivity contribution in [1.82, 2.24) is 34.8 Å². The molecule has 4 rings (SSSR count). The van der Waals surface area contributed by atoms with Gasteiger partial charge in [-0.25, -0.2) is 15.0 Å². The fourth-order valence-corrected chi connectivity index (χ4v) is 3.53. The first-order chi connectivity index (χ1) is 14.7. The highest BCUT2D eigenvalue weighted by molar-refractivity contribution is 14.0. The molecular formula is C21H29IN8O. The Morgan fingerprint density at radius 1 is 1.16 bits per heavy atom. The van der Waals surface area contributed by atoms with Crippen LogP contribution in [0.4, 0.5) is 0 Å². The van der Waals surface area contributed by atoms with E-state index >= 15 is 0 Å². The SMILES string of the molecule is CCNC(=NCc1ccc(-n2ccnc2C)nc1)N1CCN(Cc2ccon2)CC1.I. The average Bonchev–Trinajstić information content (AvgIpc) is 3.44. The van der Waals surface area contributed by atoms with Gasteiger partial charge in [-0.15, -0.1) is 24.0 Å². The molecule has 0 aliphatic carbocycles. The van der Waals surface area contributed by atoms with Crippen LogP contribution < -0.4 is 5.32 Å². The lowest BCUT2D eigenvalue weighted by Gasteiger charge is -2.36. The summed E-state index contributed by atoms with van der Waals surface area (Å²) in [5.41, 5.74) is 2.06. The molecular weight excluding hydrogens is 507 g/mol. The number of rotatable bonds is 6. The second-order valence-corrected chi connectivity index (χ2v) is 7.29. The van der Waals surface area contributed by atoms with E-state index in [4.69, 9.17) is 9.52 Å². The van der Waals surface area contributed by atoms with Gasteiger partial charge in [0, 0.05) is 63.9 Å². The van der Waals surface area contributed by atoms with Gasteiger partial charge in [-0.2, -0.15) is 0 Å². The van der Waals surface area contributed by atoms with Gasteiger partial charge < -0.3 is 14.7 Å². The molecule has 10 heteroatoms. The van der Waals surface area contributed by atoms with E-state index in [1.807, 2.05) is 36.0 Å². The van der Waals surface area contributed by atoms with Crippen LogP contribution in [0.15, 0.2) is 52.6 Å². The fraction of sp³-hybridized carbons (Fsp3) is 0.429. The van der Waals surface area contributed by atoms with Crippen LogP contribution in [0, 0.1) is 6.92 Å². The van der Waals surface area contributed by atoms with Crippen molar-refractivity contribution in [1.29, 1.82) is 0 Å². The van der Waals surface area contributed by atoms with E-state index in [-0.39, 0.29) is 24.0 Å². The van der Waals surface area contributed by atoms with Crippen molar-refractivity contribution < 1.29 is 4.52 Å². The summed E-state index contributed by atoms with van der Waals surface area (Å²) in [6, 6.07) is 6.01. The van der Waals surface area contributed by atoms with Crippen LogP contribution in [-0.2, 0) is 13.1 Å². The zero-order valence-electron chi connectivity index (χ0n) is 17.9. The number of imidazole rings is 1. The lowest BCUT2D eigenvalue weighted by Crippen LogP contribution is -2.52. The topological polar surface area (TPSA) is 87.6 Å². The molecule has 3 aromatic rings. The van der Waals surface area contributed by atoms with Crippen molar-refractivity contribution in [3.8, 4) is 5.82 Å². The molecule has 9 nitrogen and oxygen atoms in total. The van der Waals surface area contributed by atoms with Gasteiger partial charge in [0.25, 0.3) is 0 Å². The number of nitrogens with one attached hydrogen (secondary N) is 1. The number of halogens is 1. The maximum atomic E-state index is 4.93. The van der Waals surface area contributed by atoms with Crippen molar-refractivity contribution in [3.05, 3.63) is 60.1 Å². The predicted molar refractivity (Wildman–Crippen MR) is 130 cm³/mol. The molecule has 0 amide bonds. The summed E-state index contributed by atoms with van der Waals surface area (Å²) in [6.07, 6.45) is 7.21. The minimum absolute atomic E-state index is 0. The number of hydrogen-bond acceptors (Lipinski definition) is 6. The van der Waals surface area contributed by atoms with Gasteiger partial charge >= 0.3 is 0 Å². The van der Waals surface area contributed by atoms with Gasteiger partial charge in [0.15, 0.2) is 5.96 Å². The number of aromatic nitrogens is 4. The Bertz CT molecular complexity index is 946. The van der Waals surface area contributed by atoms with Crippen molar-refractivity contribution >= 4 is 29.9 Å². The molecule has 4 heterocycles. The summed E-state index contributed by atoms with van der Waals surface area (Å²) < 4.78 is 6.90. The highest BCUT2D eigenvalue weighted by Gasteiger charge is 2.20. The van der Waals surface area contributed by atoms with Gasteiger partial charge in [-0.1, -0.05) is 11.2 Å². The lowest BCUT2D eigenvalue weighted by atomic mass is 10.3. The number of pyridine rings is 1. The molecule has 1 aliphatic heterocycles.